The number of benzene rings is 1. The van der Waals surface area contributed by atoms with Gasteiger partial charge in [0.1, 0.15) is 23.5 Å². The van der Waals surface area contributed by atoms with Crippen LogP contribution in [0.15, 0.2) is 18.2 Å². The monoisotopic (exact) mass is 367 g/mol. The van der Waals surface area contributed by atoms with Gasteiger partial charge in [-0.3, -0.25) is 4.79 Å². The first-order chi connectivity index (χ1) is 12.2. The zero-order chi connectivity index (χ0) is 18.9. The van der Waals surface area contributed by atoms with Gasteiger partial charge in [0, 0.05) is 30.2 Å². The van der Waals surface area contributed by atoms with E-state index >= 15 is 0 Å². The fourth-order valence-electron chi connectivity index (χ4n) is 3.93. The lowest BCUT2D eigenvalue weighted by Crippen LogP contribution is -2.48. The summed E-state index contributed by atoms with van der Waals surface area (Å²) in [6.45, 7) is 3.69. The normalized spacial score (nSPS) is 29.0. The van der Waals surface area contributed by atoms with Crippen LogP contribution < -0.4 is 10.1 Å². The molecule has 0 unspecified atom stereocenters. The summed E-state index contributed by atoms with van der Waals surface area (Å²) in [5, 5.41) is 13.2. The van der Waals surface area contributed by atoms with E-state index in [0.29, 0.717) is 12.8 Å². The maximum atomic E-state index is 13.2. The Balaban J connectivity index is 1.40. The van der Waals surface area contributed by atoms with E-state index in [1.165, 1.54) is 0 Å². The maximum Gasteiger partial charge on any atom is 0.223 e. The molecule has 0 spiro atoms. The van der Waals surface area contributed by atoms with E-state index in [9.17, 15) is 18.7 Å². The number of ether oxygens (including phenoxy) is 1. The highest BCUT2D eigenvalue weighted by Gasteiger charge is 2.38. The van der Waals surface area contributed by atoms with E-state index in [-0.39, 0.29) is 35.6 Å². The van der Waals surface area contributed by atoms with Crippen molar-refractivity contribution in [3.8, 4) is 5.75 Å². The zero-order valence-electron chi connectivity index (χ0n) is 15.3. The molecule has 6 heteroatoms. The predicted octanol–water partition coefficient (Wildman–Crippen LogP) is 3.57. The number of carbonyl (C=O) groups is 1. The Kier molecular flexibility index (Phi) is 5.51. The van der Waals surface area contributed by atoms with Gasteiger partial charge >= 0.3 is 0 Å². The van der Waals surface area contributed by atoms with Crippen LogP contribution in [0.2, 0.25) is 0 Å². The van der Waals surface area contributed by atoms with Crippen molar-refractivity contribution in [3.05, 3.63) is 29.8 Å². The molecular formula is C20H27F2NO3. The summed E-state index contributed by atoms with van der Waals surface area (Å²) in [6.07, 6.45) is 4.53. The van der Waals surface area contributed by atoms with Gasteiger partial charge in [0.2, 0.25) is 5.91 Å². The molecule has 2 aliphatic carbocycles. The van der Waals surface area contributed by atoms with Gasteiger partial charge in [0.15, 0.2) is 0 Å². The largest absolute Gasteiger partial charge is 0.490 e. The number of aliphatic hydroxyl groups is 1. The van der Waals surface area contributed by atoms with Crippen molar-refractivity contribution in [2.75, 3.05) is 0 Å². The average molecular weight is 367 g/mol. The molecule has 0 bridgehead atoms. The third kappa shape index (κ3) is 4.72. The lowest BCUT2D eigenvalue weighted by molar-refractivity contribution is -0.131. The molecule has 1 aromatic rings. The number of nitrogens with one attached hydrogen (secondary N) is 1. The summed E-state index contributed by atoms with van der Waals surface area (Å²) in [7, 11) is 0. The number of amides is 1. The second-order valence-electron chi connectivity index (χ2n) is 8.22. The molecule has 26 heavy (non-hydrogen) atoms. The molecule has 2 saturated carbocycles. The molecule has 1 aromatic carbocycles. The third-order valence-corrected chi connectivity index (χ3v) is 5.68. The zero-order valence-corrected chi connectivity index (χ0v) is 15.3. The second-order valence-corrected chi connectivity index (χ2v) is 8.22. The van der Waals surface area contributed by atoms with Crippen molar-refractivity contribution in [2.45, 2.75) is 70.1 Å². The minimum atomic E-state index is -0.671. The van der Waals surface area contributed by atoms with Crippen molar-refractivity contribution in [1.82, 2.24) is 5.32 Å². The van der Waals surface area contributed by atoms with Crippen LogP contribution in [0, 0.1) is 23.5 Å². The maximum absolute atomic E-state index is 13.2. The summed E-state index contributed by atoms with van der Waals surface area (Å²) in [5.74, 6) is -0.974. The molecule has 2 fully saturated rings. The Morgan fingerprint density at radius 3 is 2.23 bits per heavy atom. The minimum absolute atomic E-state index is 0.0296. The minimum Gasteiger partial charge on any atom is -0.490 e. The topological polar surface area (TPSA) is 58.6 Å². The molecule has 0 saturated heterocycles. The highest BCUT2D eigenvalue weighted by Crippen LogP contribution is 2.35. The van der Waals surface area contributed by atoms with Gasteiger partial charge in [-0.2, -0.15) is 0 Å². The highest BCUT2D eigenvalue weighted by atomic mass is 19.1. The fourth-order valence-corrected chi connectivity index (χ4v) is 3.93. The molecule has 3 rings (SSSR count). The number of rotatable bonds is 5. The van der Waals surface area contributed by atoms with Gasteiger partial charge in [0.05, 0.1) is 5.60 Å². The molecule has 1 amide bonds. The second kappa shape index (κ2) is 7.51. The number of halogens is 2. The Bertz CT molecular complexity index is 625. The van der Waals surface area contributed by atoms with Gasteiger partial charge in [-0.15, -0.1) is 0 Å². The van der Waals surface area contributed by atoms with Crippen molar-refractivity contribution >= 4 is 5.91 Å². The first kappa shape index (κ1) is 19.1. The van der Waals surface area contributed by atoms with E-state index in [1.54, 1.807) is 0 Å². The molecule has 144 valence electrons. The Morgan fingerprint density at radius 1 is 1.12 bits per heavy atom. The molecule has 0 aliphatic heterocycles. The average Bonchev–Trinajstić information content (AvgIpc) is 2.49. The highest BCUT2D eigenvalue weighted by molar-refractivity contribution is 5.80. The van der Waals surface area contributed by atoms with Crippen LogP contribution in [0.4, 0.5) is 8.78 Å². The Labute approximate surface area is 152 Å². The van der Waals surface area contributed by atoms with Crippen LogP contribution in [-0.2, 0) is 4.79 Å². The SMILES string of the molecule is CC(C)(O)[C@H]1CC[C@H](NC(=O)[C@H]2C[C@H](Oc3cc(F)cc(F)c3)C2)CC1. The van der Waals surface area contributed by atoms with Gasteiger partial charge < -0.3 is 15.2 Å². The summed E-state index contributed by atoms with van der Waals surface area (Å²) < 4.78 is 31.9. The summed E-state index contributed by atoms with van der Waals surface area (Å²) in [4.78, 5) is 12.3. The quantitative estimate of drug-likeness (QED) is 0.836. The van der Waals surface area contributed by atoms with Gasteiger partial charge in [-0.1, -0.05) is 0 Å². The molecule has 0 atom stereocenters. The molecule has 0 heterocycles. The molecule has 2 aliphatic rings. The number of hydrogen-bond acceptors (Lipinski definition) is 3. The Morgan fingerprint density at radius 2 is 1.69 bits per heavy atom. The first-order valence-corrected chi connectivity index (χ1v) is 9.36. The number of hydrogen-bond donors (Lipinski definition) is 2. The standard InChI is InChI=1S/C20H27F2NO3/c1-20(2,25)13-3-5-16(6-4-13)23-19(24)12-7-17(8-12)26-18-10-14(21)9-15(22)11-18/h9-13,16-17,25H,3-8H2,1-2H3,(H,23,24)/t12-,13-,16-,17-. The van der Waals surface area contributed by atoms with Crippen LogP contribution in [0.1, 0.15) is 52.4 Å². The van der Waals surface area contributed by atoms with E-state index < -0.39 is 17.2 Å². The van der Waals surface area contributed by atoms with Gasteiger partial charge in [-0.25, -0.2) is 8.78 Å². The van der Waals surface area contributed by atoms with E-state index in [4.69, 9.17) is 4.74 Å². The Hall–Kier alpha value is -1.69. The van der Waals surface area contributed by atoms with Crippen LogP contribution in [-0.4, -0.2) is 28.8 Å². The molecule has 0 radical (unpaired) electrons. The molecule has 4 nitrogen and oxygen atoms in total. The van der Waals surface area contributed by atoms with Crippen molar-refractivity contribution in [2.24, 2.45) is 11.8 Å². The van der Waals surface area contributed by atoms with Crippen LogP contribution in [0.5, 0.6) is 5.75 Å². The lowest BCUT2D eigenvalue weighted by Gasteiger charge is -2.38. The van der Waals surface area contributed by atoms with E-state index in [1.807, 2.05) is 13.8 Å². The summed E-state index contributed by atoms with van der Waals surface area (Å²) in [6, 6.07) is 3.27. The van der Waals surface area contributed by atoms with Gasteiger partial charge in [-0.05, 0) is 58.3 Å². The van der Waals surface area contributed by atoms with Crippen LogP contribution in [0.25, 0.3) is 0 Å². The van der Waals surface area contributed by atoms with Crippen LogP contribution in [0.3, 0.4) is 0 Å². The summed E-state index contributed by atoms with van der Waals surface area (Å²) in [5.41, 5.74) is -0.663. The van der Waals surface area contributed by atoms with E-state index in [2.05, 4.69) is 5.32 Å². The van der Waals surface area contributed by atoms with Crippen molar-refractivity contribution in [3.63, 3.8) is 0 Å². The predicted molar refractivity (Wildman–Crippen MR) is 93.7 cm³/mol. The smallest absolute Gasteiger partial charge is 0.223 e. The van der Waals surface area contributed by atoms with Crippen molar-refractivity contribution < 1.29 is 23.4 Å². The molecule has 2 N–H and O–H groups in total. The van der Waals surface area contributed by atoms with E-state index in [0.717, 1.165) is 43.9 Å². The molecule has 0 aromatic heterocycles. The van der Waals surface area contributed by atoms with Crippen molar-refractivity contribution in [1.29, 1.82) is 0 Å². The van der Waals surface area contributed by atoms with Crippen LogP contribution >= 0.6 is 0 Å². The lowest BCUT2D eigenvalue weighted by atomic mass is 9.76. The summed E-state index contributed by atoms with van der Waals surface area (Å²) >= 11 is 0. The number of carbonyl (C=O) groups excluding carboxylic acids is 1. The fraction of sp³-hybridized carbons (Fsp3) is 0.650. The first-order valence-electron chi connectivity index (χ1n) is 9.36. The van der Waals surface area contributed by atoms with Gasteiger partial charge in [0.25, 0.3) is 0 Å². The third-order valence-electron chi connectivity index (χ3n) is 5.68. The molecular weight excluding hydrogens is 340 g/mol.